The van der Waals surface area contributed by atoms with Crippen molar-refractivity contribution in [2.45, 2.75) is 19.1 Å². The van der Waals surface area contributed by atoms with E-state index >= 15 is 8.78 Å². The van der Waals surface area contributed by atoms with Gasteiger partial charge in [-0.05, 0) is 19.1 Å². The molecule has 1 aromatic heterocycles. The lowest BCUT2D eigenvalue weighted by molar-refractivity contribution is -0.133. The van der Waals surface area contributed by atoms with E-state index in [-0.39, 0.29) is 62.1 Å². The summed E-state index contributed by atoms with van der Waals surface area (Å²) in [6.07, 6.45) is -1.20. The third kappa shape index (κ3) is 6.35. The molecular formula is C25H27F3N6O6. The fraction of sp³-hybridized carbons (Fsp3) is 0.400. The van der Waals surface area contributed by atoms with E-state index in [9.17, 15) is 23.6 Å². The summed E-state index contributed by atoms with van der Waals surface area (Å²) in [6, 6.07) is 3.42. The van der Waals surface area contributed by atoms with E-state index in [0.717, 1.165) is 29.3 Å². The molecule has 0 bridgehead atoms. The quantitative estimate of drug-likeness (QED) is 0.485. The number of anilines is 2. The monoisotopic (exact) mass is 564 g/mol. The van der Waals surface area contributed by atoms with Gasteiger partial charge in [-0.15, -0.1) is 0 Å². The van der Waals surface area contributed by atoms with E-state index in [4.69, 9.17) is 4.74 Å². The minimum atomic E-state index is -0.899. The number of nitrogens with one attached hydrogen (secondary N) is 2. The molecule has 0 aliphatic carbocycles. The Kier molecular flexibility index (Phi) is 8.60. The Morgan fingerprint density at radius 1 is 1.12 bits per heavy atom. The highest BCUT2D eigenvalue weighted by molar-refractivity contribution is 5.97. The minimum absolute atomic E-state index is 0.0335. The number of cyclic esters (lactones) is 1. The van der Waals surface area contributed by atoms with E-state index < -0.39 is 47.8 Å². The van der Waals surface area contributed by atoms with Crippen molar-refractivity contribution in [3.8, 4) is 0 Å². The number of halogens is 3. The molecule has 4 amide bonds. The van der Waals surface area contributed by atoms with Crippen LogP contribution >= 0.6 is 0 Å². The molecule has 3 heterocycles. The van der Waals surface area contributed by atoms with Crippen molar-refractivity contribution in [3.05, 3.63) is 53.6 Å². The number of hydrogen-bond donors (Lipinski definition) is 2. The summed E-state index contributed by atoms with van der Waals surface area (Å²) in [5.41, 5.74) is -0.243. The molecule has 1 aromatic carbocycles. The van der Waals surface area contributed by atoms with Crippen LogP contribution < -0.4 is 20.4 Å². The summed E-state index contributed by atoms with van der Waals surface area (Å²) >= 11 is 0. The SMILES string of the molecule is COC(=O)NC[C@H]1CN(c2cc(F)c(N3CCN(C(=O)[C@H](C)NC(=O)c4ccc(F)nc4)CC3)c(F)c2)C(=O)O1. The van der Waals surface area contributed by atoms with Gasteiger partial charge in [0.1, 0.15) is 17.8 Å². The molecule has 40 heavy (non-hydrogen) atoms. The van der Waals surface area contributed by atoms with Crippen LogP contribution in [0.1, 0.15) is 17.3 Å². The summed E-state index contributed by atoms with van der Waals surface area (Å²) < 4.78 is 52.8. The van der Waals surface area contributed by atoms with Crippen molar-refractivity contribution in [1.82, 2.24) is 20.5 Å². The maximum absolute atomic E-state index is 15.1. The fourth-order valence-corrected chi connectivity index (χ4v) is 4.39. The first kappa shape index (κ1) is 28.4. The van der Waals surface area contributed by atoms with Crippen molar-refractivity contribution in [1.29, 1.82) is 0 Å². The zero-order valence-corrected chi connectivity index (χ0v) is 21.7. The van der Waals surface area contributed by atoms with Crippen molar-refractivity contribution in [2.24, 2.45) is 0 Å². The number of pyridine rings is 1. The molecule has 2 aromatic rings. The van der Waals surface area contributed by atoms with Gasteiger partial charge in [-0.25, -0.2) is 23.4 Å². The Hall–Kier alpha value is -4.56. The third-order valence-corrected chi connectivity index (χ3v) is 6.46. The second kappa shape index (κ2) is 12.1. The molecule has 2 aliphatic rings. The summed E-state index contributed by atoms with van der Waals surface area (Å²) in [5, 5.41) is 4.93. The van der Waals surface area contributed by atoms with Gasteiger partial charge in [0.25, 0.3) is 5.91 Å². The number of nitrogens with zero attached hydrogens (tertiary/aromatic N) is 4. The van der Waals surface area contributed by atoms with Crippen molar-refractivity contribution < 1.29 is 41.8 Å². The molecule has 2 N–H and O–H groups in total. The molecule has 4 rings (SSSR count). The average Bonchev–Trinajstić information content (AvgIpc) is 3.31. The van der Waals surface area contributed by atoms with Gasteiger partial charge >= 0.3 is 12.2 Å². The smallest absolute Gasteiger partial charge is 0.414 e. The summed E-state index contributed by atoms with van der Waals surface area (Å²) in [4.78, 5) is 56.0. The van der Waals surface area contributed by atoms with Gasteiger partial charge < -0.3 is 29.9 Å². The number of alkyl carbamates (subject to hydrolysis) is 1. The number of rotatable bonds is 7. The minimum Gasteiger partial charge on any atom is -0.453 e. The molecule has 15 heteroatoms. The highest BCUT2D eigenvalue weighted by atomic mass is 19.1. The molecule has 2 fully saturated rings. The van der Waals surface area contributed by atoms with E-state index in [1.807, 2.05) is 0 Å². The standard InChI is InChI=1S/C25H27F3N6O6/c1-14(31-22(35)15-3-4-20(28)29-11-15)23(36)33-7-5-32(6-8-33)21-18(26)9-16(10-19(21)27)34-13-17(40-25(34)38)12-30-24(37)39-2/h3-4,9-11,14,17H,5-8,12-13H2,1-2H3,(H,30,37)(H,31,35)/t14-,17-/m0/s1. The Balaban J connectivity index is 1.34. The largest absolute Gasteiger partial charge is 0.453 e. The second-order valence-corrected chi connectivity index (χ2v) is 9.12. The summed E-state index contributed by atoms with van der Waals surface area (Å²) in [6.45, 7) is 1.96. The first-order chi connectivity index (χ1) is 19.1. The number of amides is 4. The van der Waals surface area contributed by atoms with E-state index in [1.54, 1.807) is 0 Å². The second-order valence-electron chi connectivity index (χ2n) is 9.12. The molecule has 0 spiro atoms. The van der Waals surface area contributed by atoms with Crippen molar-refractivity contribution in [3.63, 3.8) is 0 Å². The van der Waals surface area contributed by atoms with Gasteiger partial charge in [0.15, 0.2) is 11.6 Å². The lowest BCUT2D eigenvalue weighted by Crippen LogP contribution is -2.54. The predicted molar refractivity (Wildman–Crippen MR) is 134 cm³/mol. The number of aromatic nitrogens is 1. The number of ether oxygens (including phenoxy) is 2. The van der Waals surface area contributed by atoms with Crippen LogP contribution in [0.4, 0.5) is 34.1 Å². The van der Waals surface area contributed by atoms with Gasteiger partial charge in [0.05, 0.1) is 31.5 Å². The normalized spacial score (nSPS) is 17.8. The molecule has 2 aliphatic heterocycles. The topological polar surface area (TPSA) is 133 Å². The average molecular weight is 565 g/mol. The highest BCUT2D eigenvalue weighted by Crippen LogP contribution is 2.31. The van der Waals surface area contributed by atoms with E-state index in [1.165, 1.54) is 29.9 Å². The number of methoxy groups -OCH3 is 1. The zero-order chi connectivity index (χ0) is 29.0. The molecule has 214 valence electrons. The predicted octanol–water partition coefficient (Wildman–Crippen LogP) is 1.65. The molecule has 0 radical (unpaired) electrons. The maximum Gasteiger partial charge on any atom is 0.414 e. The Morgan fingerprint density at radius 3 is 2.40 bits per heavy atom. The number of benzene rings is 1. The lowest BCUT2D eigenvalue weighted by Gasteiger charge is -2.37. The van der Waals surface area contributed by atoms with E-state index in [0.29, 0.717) is 0 Å². The maximum atomic E-state index is 15.1. The number of piperazine rings is 1. The van der Waals surface area contributed by atoms with Crippen LogP contribution in [0.25, 0.3) is 0 Å². The molecule has 12 nitrogen and oxygen atoms in total. The summed E-state index contributed by atoms with van der Waals surface area (Å²) in [5.74, 6) is -3.51. The van der Waals surface area contributed by atoms with Crippen LogP contribution in [0.2, 0.25) is 0 Å². The van der Waals surface area contributed by atoms with Crippen LogP contribution in [0.15, 0.2) is 30.5 Å². The highest BCUT2D eigenvalue weighted by Gasteiger charge is 2.34. The van der Waals surface area contributed by atoms with Crippen molar-refractivity contribution >= 4 is 35.4 Å². The Morgan fingerprint density at radius 2 is 1.80 bits per heavy atom. The third-order valence-electron chi connectivity index (χ3n) is 6.46. The Bertz CT molecular complexity index is 1270. The van der Waals surface area contributed by atoms with Crippen LogP contribution in [-0.2, 0) is 14.3 Å². The lowest BCUT2D eigenvalue weighted by atomic mass is 10.1. The molecule has 2 atom stereocenters. The summed E-state index contributed by atoms with van der Waals surface area (Å²) in [7, 11) is 1.18. The molecular weight excluding hydrogens is 537 g/mol. The zero-order valence-electron chi connectivity index (χ0n) is 21.7. The number of hydrogen-bond acceptors (Lipinski definition) is 8. The number of carbonyl (C=O) groups is 4. The number of carbonyl (C=O) groups excluding carboxylic acids is 4. The van der Waals surface area contributed by atoms with Gasteiger partial charge in [-0.3, -0.25) is 14.5 Å². The van der Waals surface area contributed by atoms with Crippen LogP contribution in [0, 0.1) is 17.6 Å². The molecule has 0 unspecified atom stereocenters. The van der Waals surface area contributed by atoms with Gasteiger partial charge in [0.2, 0.25) is 11.9 Å². The fourth-order valence-electron chi connectivity index (χ4n) is 4.39. The first-order valence-electron chi connectivity index (χ1n) is 12.3. The van der Waals surface area contributed by atoms with Gasteiger partial charge in [-0.2, -0.15) is 4.39 Å². The van der Waals surface area contributed by atoms with E-state index in [2.05, 4.69) is 20.4 Å². The first-order valence-corrected chi connectivity index (χ1v) is 12.3. The van der Waals surface area contributed by atoms with Gasteiger partial charge in [-0.1, -0.05) is 0 Å². The van der Waals surface area contributed by atoms with Gasteiger partial charge in [0, 0.05) is 44.5 Å². The van der Waals surface area contributed by atoms with Crippen molar-refractivity contribution in [2.75, 3.05) is 56.2 Å². The molecule has 2 saturated heterocycles. The Labute approximate surface area is 227 Å². The molecule has 0 saturated carbocycles. The van der Waals surface area contributed by atoms with Crippen LogP contribution in [0.5, 0.6) is 0 Å². The van der Waals surface area contributed by atoms with Crippen LogP contribution in [0.3, 0.4) is 0 Å². The van der Waals surface area contributed by atoms with Crippen LogP contribution in [-0.4, -0.2) is 92.4 Å².